The van der Waals surface area contributed by atoms with Crippen LogP contribution >= 0.6 is 0 Å². The number of hydrogen-bond donors (Lipinski definition) is 0. The van der Waals surface area contributed by atoms with Crippen molar-refractivity contribution in [1.82, 2.24) is 0 Å². The fourth-order valence-corrected chi connectivity index (χ4v) is 7.36. The number of methoxy groups -OCH3 is 1. The van der Waals surface area contributed by atoms with E-state index >= 15 is 0 Å². The Hall–Kier alpha value is -7.28. The molecule has 3 heteroatoms. The molecule has 282 valence electrons. The summed E-state index contributed by atoms with van der Waals surface area (Å²) in [5.74, 6) is 0.653. The number of anilines is 5. The van der Waals surface area contributed by atoms with E-state index in [0.29, 0.717) is 5.75 Å². The molecule has 0 spiro atoms. The van der Waals surface area contributed by atoms with Crippen molar-refractivity contribution in [2.24, 2.45) is 0 Å². The highest BCUT2D eigenvalue weighted by Gasteiger charge is 2.17. The van der Waals surface area contributed by atoms with Gasteiger partial charge < -0.3 is 14.5 Å². The highest BCUT2D eigenvalue weighted by molar-refractivity contribution is 6.02. The fourth-order valence-electron chi connectivity index (χ4n) is 7.36. The second kappa shape index (κ2) is 17.7. The Morgan fingerprint density at radius 2 is 1.28 bits per heavy atom. The first-order valence-electron chi connectivity index (χ1n) is 19.8. The highest BCUT2D eigenvalue weighted by atomic mass is 16.5. The largest absolute Gasteiger partial charge is 0.489 e. The quantitative estimate of drug-likeness (QED) is 0.116. The van der Waals surface area contributed by atoms with Crippen molar-refractivity contribution >= 4 is 56.9 Å². The van der Waals surface area contributed by atoms with Crippen molar-refractivity contribution < 1.29 is 4.74 Å². The lowest BCUT2D eigenvalue weighted by Crippen LogP contribution is -2.10. The first-order valence-corrected chi connectivity index (χ1v) is 19.8. The van der Waals surface area contributed by atoms with Crippen LogP contribution in [0.25, 0.3) is 28.5 Å². The molecule has 1 aliphatic carbocycles. The molecule has 0 amide bonds. The van der Waals surface area contributed by atoms with Crippen LogP contribution in [0.15, 0.2) is 194 Å². The van der Waals surface area contributed by atoms with E-state index < -0.39 is 0 Å². The van der Waals surface area contributed by atoms with E-state index in [-0.39, 0.29) is 0 Å². The Morgan fingerprint density at radius 3 is 1.91 bits per heavy atom. The summed E-state index contributed by atoms with van der Waals surface area (Å²) in [6.45, 7) is 4.26. The summed E-state index contributed by atoms with van der Waals surface area (Å²) < 4.78 is 5.41. The van der Waals surface area contributed by atoms with Crippen LogP contribution < -0.4 is 14.5 Å². The van der Waals surface area contributed by atoms with Crippen LogP contribution in [-0.2, 0) is 0 Å². The third-order valence-electron chi connectivity index (χ3n) is 10.5. The Kier molecular flexibility index (Phi) is 11.5. The second-order valence-electron chi connectivity index (χ2n) is 14.5. The molecule has 0 heterocycles. The summed E-state index contributed by atoms with van der Waals surface area (Å²) >= 11 is 0. The van der Waals surface area contributed by atoms with Gasteiger partial charge in [-0.2, -0.15) is 0 Å². The molecule has 0 aliphatic heterocycles. The van der Waals surface area contributed by atoms with Gasteiger partial charge in [0.2, 0.25) is 0 Å². The lowest BCUT2D eigenvalue weighted by Gasteiger charge is -2.27. The van der Waals surface area contributed by atoms with Crippen LogP contribution in [0.1, 0.15) is 40.7 Å². The predicted molar refractivity (Wildman–Crippen MR) is 246 cm³/mol. The molecule has 7 aromatic rings. The monoisotopic (exact) mass is 750 g/mol. The van der Waals surface area contributed by atoms with Crippen LogP contribution in [0, 0.1) is 26.0 Å². The Balaban J connectivity index is 1.08. The van der Waals surface area contributed by atoms with E-state index in [1.807, 2.05) is 12.1 Å². The molecular formula is C55H46N2O. The molecule has 0 bridgehead atoms. The van der Waals surface area contributed by atoms with E-state index in [1.165, 1.54) is 44.2 Å². The molecule has 0 aromatic heterocycles. The number of rotatable bonds is 12. The maximum Gasteiger partial charge on any atom is 0.170 e. The van der Waals surface area contributed by atoms with Gasteiger partial charge >= 0.3 is 0 Å². The van der Waals surface area contributed by atoms with Gasteiger partial charge in [0.15, 0.2) is 5.75 Å². The van der Waals surface area contributed by atoms with Crippen LogP contribution in [-0.4, -0.2) is 7.11 Å². The van der Waals surface area contributed by atoms with Crippen LogP contribution in [0.2, 0.25) is 0 Å². The first-order chi connectivity index (χ1) is 28.5. The van der Waals surface area contributed by atoms with Gasteiger partial charge in [0.1, 0.15) is 0 Å². The average Bonchev–Trinajstić information content (AvgIpc) is 3.28. The summed E-state index contributed by atoms with van der Waals surface area (Å²) in [6, 6.07) is 60.4. The van der Waals surface area contributed by atoms with Gasteiger partial charge in [-0.3, -0.25) is 0 Å². The molecule has 0 N–H and O–H groups in total. The molecular weight excluding hydrogens is 705 g/mol. The van der Waals surface area contributed by atoms with Gasteiger partial charge in [-0.1, -0.05) is 151 Å². The lowest BCUT2D eigenvalue weighted by molar-refractivity contribution is 0.415. The minimum atomic E-state index is 0.653. The number of ether oxygens (including phenoxy) is 1. The van der Waals surface area contributed by atoms with Gasteiger partial charge in [0, 0.05) is 34.2 Å². The lowest BCUT2D eigenvalue weighted by atomic mass is 9.92. The van der Waals surface area contributed by atoms with E-state index in [4.69, 9.17) is 4.74 Å². The number of allylic oxidation sites excluding steroid dienone is 7. The molecule has 0 fully saturated rings. The molecule has 0 unspecified atom stereocenters. The molecule has 7 aromatic carbocycles. The van der Waals surface area contributed by atoms with Gasteiger partial charge in [-0.25, -0.2) is 0 Å². The molecule has 0 atom stereocenters. The van der Waals surface area contributed by atoms with Gasteiger partial charge in [-0.05, 0) is 121 Å². The summed E-state index contributed by atoms with van der Waals surface area (Å²) in [4.78, 5) is 4.55. The minimum absolute atomic E-state index is 0.653. The van der Waals surface area contributed by atoms with E-state index in [1.54, 1.807) is 7.11 Å². The van der Waals surface area contributed by atoms with Gasteiger partial charge in [0.05, 0.1) is 18.5 Å². The molecule has 3 nitrogen and oxygen atoms in total. The maximum atomic E-state index is 5.41. The summed E-state index contributed by atoms with van der Waals surface area (Å²) in [6.07, 6.45) is 19.4. The van der Waals surface area contributed by atoms with Gasteiger partial charge in [0.25, 0.3) is 0 Å². The van der Waals surface area contributed by atoms with E-state index in [2.05, 4.69) is 224 Å². The number of fused-ring (bicyclic) bond motifs is 1. The minimum Gasteiger partial charge on any atom is -0.489 e. The van der Waals surface area contributed by atoms with E-state index in [9.17, 15) is 0 Å². The zero-order chi connectivity index (χ0) is 39.7. The zero-order valence-corrected chi connectivity index (χ0v) is 33.3. The zero-order valence-electron chi connectivity index (χ0n) is 33.3. The van der Waals surface area contributed by atoms with Crippen LogP contribution in [0.4, 0.5) is 28.4 Å². The topological polar surface area (TPSA) is 15.7 Å². The average molecular weight is 751 g/mol. The van der Waals surface area contributed by atoms with Crippen LogP contribution in [0.5, 0.6) is 5.75 Å². The van der Waals surface area contributed by atoms with Gasteiger partial charge in [-0.15, -0.1) is 0 Å². The first kappa shape index (κ1) is 37.6. The second-order valence-corrected chi connectivity index (χ2v) is 14.5. The Labute approximate surface area is 343 Å². The predicted octanol–water partition coefficient (Wildman–Crippen LogP) is 14.7. The number of aryl methyl sites for hydroxylation is 2. The molecule has 0 saturated carbocycles. The summed E-state index contributed by atoms with van der Waals surface area (Å²) in [5.41, 5.74) is 13.7. The molecule has 1 aliphatic rings. The third kappa shape index (κ3) is 8.58. The standard InChI is InChI=1S/C55H46N2O/c1-41-22-29-49(30-23-41)57(50-31-24-42(2)25-32-50)55-39-28-46(52-20-12-13-21-53(52)55)19-11-10-14-43-26-33-47(34-27-43)56(48-35-37-51(58-3)38-36-48)40-54(44-15-6-4-7-16-44)45-17-8-5-9-18-45/h4-8,10-17,19-35,37,39-40H,9,18H2,1-3H3/b14-10+,19-11+,54-40-. The Bertz CT molecular complexity index is 2580. The maximum absolute atomic E-state index is 5.41. The molecule has 0 radical (unpaired) electrons. The van der Waals surface area contributed by atoms with Crippen molar-refractivity contribution in [3.63, 3.8) is 0 Å². The normalized spacial score (nSPS) is 12.8. The molecule has 58 heavy (non-hydrogen) atoms. The smallest absolute Gasteiger partial charge is 0.170 e. The number of hydrogen-bond acceptors (Lipinski definition) is 3. The third-order valence-corrected chi connectivity index (χ3v) is 10.5. The molecule has 8 rings (SSSR count). The van der Waals surface area contributed by atoms with Crippen molar-refractivity contribution in [3.05, 3.63) is 234 Å². The van der Waals surface area contributed by atoms with E-state index in [0.717, 1.165) is 46.8 Å². The van der Waals surface area contributed by atoms with Crippen LogP contribution in [0.3, 0.4) is 0 Å². The SMILES string of the molecule is COc1c#cc(N(/C=C(\C2=CC=CCC2)c2ccccc2)c2ccc(/C=C/C=C/c3ccc(N(c4ccc(C)cc4)c4ccc(C)cc4)c4ccccc34)cc2)cc1. The Morgan fingerprint density at radius 1 is 0.621 bits per heavy atom. The summed E-state index contributed by atoms with van der Waals surface area (Å²) in [5, 5.41) is 2.40. The van der Waals surface area contributed by atoms with Crippen molar-refractivity contribution in [2.45, 2.75) is 26.7 Å². The van der Waals surface area contributed by atoms with Crippen molar-refractivity contribution in [2.75, 3.05) is 16.9 Å². The highest BCUT2D eigenvalue weighted by Crippen LogP contribution is 2.40. The molecule has 0 saturated heterocycles. The van der Waals surface area contributed by atoms with Crippen molar-refractivity contribution in [1.29, 1.82) is 0 Å². The van der Waals surface area contributed by atoms with Crippen molar-refractivity contribution in [3.8, 4) is 5.75 Å². The fraction of sp³-hybridized carbons (Fsp3) is 0.0909. The summed E-state index contributed by atoms with van der Waals surface area (Å²) in [7, 11) is 1.65. The number of nitrogens with zero attached hydrogens (tertiary/aromatic N) is 2. The number of benzene rings is 6.